The van der Waals surface area contributed by atoms with Crippen LogP contribution in [-0.4, -0.2) is 0 Å². The average Bonchev–Trinajstić information content (AvgIpc) is 4.16. The molecule has 0 heterocycles. The molecule has 0 N–H and O–H groups in total. The molecule has 24 aliphatic rings. The fourth-order valence-corrected chi connectivity index (χ4v) is 28.8. The van der Waals surface area contributed by atoms with E-state index in [1.165, 1.54) is 12.8 Å². The molecule has 0 spiro atoms. The maximum absolute atomic E-state index is 5.63. The Morgan fingerprint density at radius 2 is 1.25 bits per heavy atom. The van der Waals surface area contributed by atoms with Gasteiger partial charge in [0.15, 0.2) is 0 Å². The van der Waals surface area contributed by atoms with E-state index in [9.17, 15) is 0 Å². The minimum absolute atomic E-state index is 0.426. The lowest BCUT2D eigenvalue weighted by Gasteiger charge is -2.62. The molecule has 0 amide bonds. The Labute approximate surface area is 371 Å². The molecule has 0 aliphatic heterocycles. The molecule has 24 atom stereocenters. The van der Waals surface area contributed by atoms with Crippen molar-refractivity contribution in [2.24, 2.45) is 124 Å². The Hall–Kier alpha value is -4.42. The van der Waals surface area contributed by atoms with Crippen LogP contribution in [0.2, 0.25) is 0 Å². The molecule has 0 heteroatoms. The van der Waals surface area contributed by atoms with Gasteiger partial charge in [-0.2, -0.15) is 0 Å². The largest absolute Gasteiger partial charge is 0.0949 e. The molecule has 24 unspecified atom stereocenters. The van der Waals surface area contributed by atoms with Gasteiger partial charge in [-0.05, 0) is 272 Å². The second kappa shape index (κ2) is 7.17. The van der Waals surface area contributed by atoms with Crippen LogP contribution in [0.4, 0.5) is 0 Å². The minimum Gasteiger partial charge on any atom is -0.0949 e. The molecule has 5 saturated carbocycles. The molecule has 10 bridgehead atoms. The maximum atomic E-state index is 5.63. The van der Waals surface area contributed by atoms with E-state index in [2.05, 4.69) is 56.6 Å². The zero-order valence-corrected chi connectivity index (χ0v) is 36.6. The summed E-state index contributed by atoms with van der Waals surface area (Å²) in [6, 6.07) is 0. The molecule has 0 radical (unpaired) electrons. The Morgan fingerprint density at radius 3 is 2.17 bits per heavy atom. The van der Waals surface area contributed by atoms with Gasteiger partial charge in [-0.25, -0.2) is 0 Å². The number of rotatable bonds is 0. The summed E-state index contributed by atoms with van der Waals surface area (Å²) >= 11 is 0. The van der Waals surface area contributed by atoms with Gasteiger partial charge in [-0.15, -0.1) is 0 Å². The van der Waals surface area contributed by atoms with Gasteiger partial charge in [0.25, 0.3) is 0 Å². The van der Waals surface area contributed by atoms with Gasteiger partial charge in [0.05, 0.1) is 0 Å². The number of hydrogen-bond acceptors (Lipinski definition) is 0. The first-order valence-corrected chi connectivity index (χ1v) is 27.0. The van der Waals surface area contributed by atoms with Gasteiger partial charge in [-0.1, -0.05) is 66.0 Å². The standard InChI is InChI=1S/C64H44/c1-10-6-18-28-19-9-21-31-22(10)12(3)23-13(4)25-24-11(2)15(23)7-16-17-8-20-33(24)44-43(32(18)25)49-39(28)46-34(19)42-36(21)45-37-27(31)14(5)26-29(16)40-30(17)41-35(20)47-53(44)58(49)61-55(46)60-52(42)54(45)57-48(38(26)37)50(40)59-51(41)56(47)62(61)64(60)63(57)59/h7,9-10,12,17-18,20,24-26,30,32-38,40-42,45,48,50-51,57H,2,6,8H2,1,3-5H3. The summed E-state index contributed by atoms with van der Waals surface area (Å²) < 4.78 is 0. The predicted octanol–water partition coefficient (Wildman–Crippen LogP) is 12.6. The zero-order valence-electron chi connectivity index (χ0n) is 36.6. The van der Waals surface area contributed by atoms with Crippen molar-refractivity contribution in [1.29, 1.82) is 0 Å². The third-order valence-corrected chi connectivity index (χ3v) is 28.1. The van der Waals surface area contributed by atoms with Crippen molar-refractivity contribution in [3.63, 3.8) is 0 Å². The van der Waals surface area contributed by atoms with Crippen molar-refractivity contribution in [2.45, 2.75) is 58.3 Å². The first-order valence-electron chi connectivity index (χ1n) is 27.0. The van der Waals surface area contributed by atoms with E-state index >= 15 is 0 Å². The van der Waals surface area contributed by atoms with E-state index in [0.29, 0.717) is 88.8 Å². The van der Waals surface area contributed by atoms with Crippen LogP contribution in [0, 0.1) is 124 Å². The van der Waals surface area contributed by atoms with Crippen molar-refractivity contribution in [2.75, 3.05) is 0 Å². The third-order valence-electron chi connectivity index (χ3n) is 28.1. The van der Waals surface area contributed by atoms with Crippen LogP contribution in [-0.2, 0) is 0 Å². The molecule has 64 heavy (non-hydrogen) atoms. The molecular weight excluding hydrogens is 769 g/mol. The summed E-state index contributed by atoms with van der Waals surface area (Å²) in [6.45, 7) is 16.8. The van der Waals surface area contributed by atoms with E-state index in [1.807, 2.05) is 139 Å². The van der Waals surface area contributed by atoms with Gasteiger partial charge in [0, 0.05) is 35.5 Å². The highest BCUT2D eigenvalue weighted by molar-refractivity contribution is 6.33. The lowest BCUT2D eigenvalue weighted by atomic mass is 9.41. The van der Waals surface area contributed by atoms with Gasteiger partial charge < -0.3 is 0 Å². The number of benzene rings is 2. The fraction of sp³-hybridized carbons (Fsp3) is 0.469. The van der Waals surface area contributed by atoms with Crippen LogP contribution in [0.25, 0.3) is 38.6 Å². The van der Waals surface area contributed by atoms with Crippen LogP contribution >= 0.6 is 0 Å². The van der Waals surface area contributed by atoms with Gasteiger partial charge >= 0.3 is 0 Å². The summed E-state index contributed by atoms with van der Waals surface area (Å²) in [7, 11) is 0. The van der Waals surface area contributed by atoms with E-state index in [1.54, 1.807) is 16.7 Å². The number of allylic oxidation sites excluding steroid dienone is 23. The molecule has 0 nitrogen and oxygen atoms in total. The summed E-state index contributed by atoms with van der Waals surface area (Å²) in [5, 5.41) is 3.74. The highest BCUT2D eigenvalue weighted by Crippen LogP contribution is 2.92. The second-order valence-corrected chi connectivity index (χ2v) is 27.6. The van der Waals surface area contributed by atoms with Gasteiger partial charge in [-0.3, -0.25) is 0 Å². The highest BCUT2D eigenvalue weighted by Gasteiger charge is 2.82. The van der Waals surface area contributed by atoms with Gasteiger partial charge in [0.1, 0.15) is 0 Å². The molecule has 26 rings (SSSR count). The normalized spacial score (nSPS) is 56.6. The number of fused-ring (bicyclic) bond motifs is 6. The van der Waals surface area contributed by atoms with E-state index < -0.39 is 0 Å². The van der Waals surface area contributed by atoms with Crippen molar-refractivity contribution in [3.05, 3.63) is 152 Å². The molecule has 0 saturated heterocycles. The minimum atomic E-state index is 0.426. The molecule has 5 fully saturated rings. The third kappa shape index (κ3) is 1.85. The fourth-order valence-electron chi connectivity index (χ4n) is 28.8. The van der Waals surface area contributed by atoms with Crippen LogP contribution in [0.1, 0.15) is 103 Å². The molecular formula is C64H44. The van der Waals surface area contributed by atoms with Gasteiger partial charge in [0.2, 0.25) is 0 Å². The molecule has 2 aromatic rings. The van der Waals surface area contributed by atoms with E-state index in [0.717, 1.165) is 53.3 Å². The Morgan fingerprint density at radius 1 is 0.453 bits per heavy atom. The van der Waals surface area contributed by atoms with Crippen molar-refractivity contribution >= 4 is 38.6 Å². The quantitative estimate of drug-likeness (QED) is 0.249. The second-order valence-electron chi connectivity index (χ2n) is 27.6. The van der Waals surface area contributed by atoms with Crippen LogP contribution in [0.3, 0.4) is 0 Å². The first-order chi connectivity index (χ1) is 31.5. The van der Waals surface area contributed by atoms with Crippen LogP contribution < -0.4 is 0 Å². The Kier molecular flexibility index (Phi) is 3.20. The van der Waals surface area contributed by atoms with Crippen molar-refractivity contribution < 1.29 is 0 Å². The van der Waals surface area contributed by atoms with Crippen molar-refractivity contribution in [3.8, 4) is 0 Å². The summed E-state index contributed by atoms with van der Waals surface area (Å²) in [6.07, 6.45) is 8.96. The number of hydrogen-bond donors (Lipinski definition) is 0. The molecule has 300 valence electrons. The highest BCUT2D eigenvalue weighted by atomic mass is 14.8. The van der Waals surface area contributed by atoms with Crippen LogP contribution in [0.15, 0.2) is 108 Å². The summed E-state index contributed by atoms with van der Waals surface area (Å²) in [5.41, 5.74) is 55.9. The van der Waals surface area contributed by atoms with Crippen molar-refractivity contribution in [1.82, 2.24) is 0 Å². The monoisotopic (exact) mass is 812 g/mol. The average molecular weight is 813 g/mol. The first kappa shape index (κ1) is 28.6. The SMILES string of the molecule is C=C1C2=CC3=C4C5C(C)=C6C7=C8C(C)CC9C%10=C%11C=C7C7C%12C%13=C%14C%15C%16=C%17C%18c%19c%20c%21c%22c(c%10c(c%10c%22c%19C%16=C%13%10)C%11%12)C%10=C%21C(C%11CC3C(C4C%17C%15C5C6C%147)C%18C%20%11)C1C(C(C)=C2C8C)C%109. The molecule has 2 aromatic carbocycles. The Balaban J connectivity index is 1.07. The lowest BCUT2D eigenvalue weighted by molar-refractivity contribution is -0.0358. The zero-order chi connectivity index (χ0) is 39.6. The molecule has 24 aliphatic carbocycles. The molecule has 0 aromatic heterocycles. The topological polar surface area (TPSA) is 0 Å². The van der Waals surface area contributed by atoms with E-state index in [4.69, 9.17) is 6.58 Å². The van der Waals surface area contributed by atoms with E-state index in [-0.39, 0.29) is 0 Å². The lowest BCUT2D eigenvalue weighted by Crippen LogP contribution is -2.56. The summed E-state index contributed by atoms with van der Waals surface area (Å²) in [4.78, 5) is 0. The Bertz CT molecular complexity index is 3940. The maximum Gasteiger partial charge on any atom is 0.0180 e. The predicted molar refractivity (Wildman–Crippen MR) is 245 cm³/mol. The summed E-state index contributed by atoms with van der Waals surface area (Å²) in [5.74, 6) is 16.3. The van der Waals surface area contributed by atoms with Crippen LogP contribution in [0.5, 0.6) is 0 Å². The smallest absolute Gasteiger partial charge is 0.0180 e.